The number of halogens is 1. The summed E-state index contributed by atoms with van der Waals surface area (Å²) in [6.45, 7) is 9.20. The Balaban J connectivity index is 2.72. The maximum absolute atomic E-state index is 12.0. The molecule has 0 aromatic heterocycles. The summed E-state index contributed by atoms with van der Waals surface area (Å²) >= 11 is 3.51. The predicted octanol–water partition coefficient (Wildman–Crippen LogP) is 2.08. The van der Waals surface area contributed by atoms with Crippen LogP contribution in [0.1, 0.15) is 27.7 Å². The fraction of sp³-hybridized carbons (Fsp3) is 1.00. The van der Waals surface area contributed by atoms with Gasteiger partial charge in [-0.3, -0.25) is 0 Å². The molecule has 1 fully saturated rings. The summed E-state index contributed by atoms with van der Waals surface area (Å²) in [5, 5.41) is 0. The van der Waals surface area contributed by atoms with E-state index in [9.17, 15) is 8.42 Å². The van der Waals surface area contributed by atoms with Crippen LogP contribution in [0.15, 0.2) is 0 Å². The Labute approximate surface area is 101 Å². The van der Waals surface area contributed by atoms with E-state index < -0.39 is 10.0 Å². The molecule has 0 spiro atoms. The number of hydrogen-bond acceptors (Lipinski definition) is 2. The molecule has 2 atom stereocenters. The van der Waals surface area contributed by atoms with E-state index in [4.69, 9.17) is 0 Å². The lowest BCUT2D eigenvalue weighted by molar-refractivity contribution is 0.419. The van der Waals surface area contributed by atoms with Gasteiger partial charge in [-0.05, 0) is 11.3 Å². The zero-order chi connectivity index (χ0) is 11.9. The minimum Gasteiger partial charge on any atom is -0.212 e. The molecular weight excluding hydrogens is 278 g/mol. The number of sulfonamides is 1. The summed E-state index contributed by atoms with van der Waals surface area (Å²) in [6, 6.07) is 0. The molecule has 1 aliphatic heterocycles. The Morgan fingerprint density at radius 2 is 1.87 bits per heavy atom. The average molecular weight is 298 g/mol. The highest BCUT2D eigenvalue weighted by atomic mass is 79.9. The van der Waals surface area contributed by atoms with Crippen molar-refractivity contribution in [2.24, 2.45) is 11.3 Å². The van der Waals surface area contributed by atoms with Crippen LogP contribution in [0.3, 0.4) is 0 Å². The Morgan fingerprint density at radius 3 is 2.20 bits per heavy atom. The summed E-state index contributed by atoms with van der Waals surface area (Å²) in [6.07, 6.45) is 0. The lowest BCUT2D eigenvalue weighted by atomic mass is 10.0. The fourth-order valence-corrected chi connectivity index (χ4v) is 4.59. The fourth-order valence-electron chi connectivity index (χ4n) is 1.75. The van der Waals surface area contributed by atoms with Crippen molar-refractivity contribution < 1.29 is 8.42 Å². The average Bonchev–Trinajstić information content (AvgIpc) is 2.27. The Bertz CT molecular complexity index is 311. The van der Waals surface area contributed by atoms with E-state index in [-0.39, 0.29) is 11.2 Å². The normalized spacial score (nSPS) is 29.7. The van der Waals surface area contributed by atoms with E-state index in [1.54, 1.807) is 4.31 Å². The van der Waals surface area contributed by atoms with Crippen LogP contribution in [0, 0.1) is 11.3 Å². The second kappa shape index (κ2) is 4.34. The summed E-state index contributed by atoms with van der Waals surface area (Å²) in [5.74, 6) is 0.631. The van der Waals surface area contributed by atoms with Crippen LogP contribution < -0.4 is 0 Å². The van der Waals surface area contributed by atoms with E-state index in [1.807, 2.05) is 20.8 Å². The zero-order valence-corrected chi connectivity index (χ0v) is 12.2. The highest BCUT2D eigenvalue weighted by Gasteiger charge is 2.36. The molecule has 3 nitrogen and oxygen atoms in total. The van der Waals surface area contributed by atoms with E-state index in [0.717, 1.165) is 0 Å². The second-order valence-electron chi connectivity index (χ2n) is 5.63. The number of alkyl halides is 1. The van der Waals surface area contributed by atoms with Gasteiger partial charge in [-0.15, -0.1) is 0 Å². The molecule has 1 heterocycles. The largest absolute Gasteiger partial charge is 0.214 e. The van der Waals surface area contributed by atoms with Crippen LogP contribution in [0.2, 0.25) is 0 Å². The van der Waals surface area contributed by atoms with Crippen LogP contribution in [-0.4, -0.2) is 36.4 Å². The first-order valence-corrected chi connectivity index (χ1v) is 7.76. The van der Waals surface area contributed by atoms with E-state index in [1.165, 1.54) is 0 Å². The van der Waals surface area contributed by atoms with Gasteiger partial charge in [0.25, 0.3) is 0 Å². The van der Waals surface area contributed by atoms with Crippen LogP contribution in [0.5, 0.6) is 0 Å². The Kier molecular flexibility index (Phi) is 3.89. The van der Waals surface area contributed by atoms with Crippen molar-refractivity contribution in [3.63, 3.8) is 0 Å². The molecule has 0 amide bonds. The van der Waals surface area contributed by atoms with Gasteiger partial charge < -0.3 is 0 Å². The van der Waals surface area contributed by atoms with Crippen molar-refractivity contribution in [3.8, 4) is 0 Å². The lowest BCUT2D eigenvalue weighted by Gasteiger charge is -2.23. The van der Waals surface area contributed by atoms with Crippen LogP contribution in [0.25, 0.3) is 0 Å². The van der Waals surface area contributed by atoms with Gasteiger partial charge in [0.05, 0.1) is 5.75 Å². The van der Waals surface area contributed by atoms with Crippen LogP contribution in [0.4, 0.5) is 0 Å². The van der Waals surface area contributed by atoms with Crippen molar-refractivity contribution in [1.82, 2.24) is 4.31 Å². The third kappa shape index (κ3) is 3.71. The van der Waals surface area contributed by atoms with Gasteiger partial charge in [-0.2, -0.15) is 0 Å². The quantitative estimate of drug-likeness (QED) is 0.732. The zero-order valence-electron chi connectivity index (χ0n) is 9.83. The molecule has 0 radical (unpaired) electrons. The van der Waals surface area contributed by atoms with Crippen molar-refractivity contribution in [3.05, 3.63) is 0 Å². The molecule has 1 saturated heterocycles. The summed E-state index contributed by atoms with van der Waals surface area (Å²) in [5.41, 5.74) is -0.174. The van der Waals surface area contributed by atoms with E-state index >= 15 is 0 Å². The summed E-state index contributed by atoms with van der Waals surface area (Å²) in [7, 11) is -3.08. The Hall–Kier alpha value is 0.390. The smallest absolute Gasteiger partial charge is 0.212 e. The molecule has 1 aliphatic rings. The number of nitrogens with zero attached hydrogens (tertiary/aromatic N) is 1. The summed E-state index contributed by atoms with van der Waals surface area (Å²) in [4.78, 5) is 0.298. The third-order valence-electron chi connectivity index (χ3n) is 2.50. The molecule has 5 heteroatoms. The van der Waals surface area contributed by atoms with Gasteiger partial charge in [0.2, 0.25) is 10.0 Å². The SMILES string of the molecule is CC1CN(S(=O)(=O)CC(C)(C)C)CC1Br. The molecule has 2 unspecified atom stereocenters. The van der Waals surface area contributed by atoms with Gasteiger partial charge in [0.1, 0.15) is 0 Å². The molecular formula is C10H20BrNO2S. The minimum absolute atomic E-state index is 0.174. The number of rotatable bonds is 2. The van der Waals surface area contributed by atoms with Gasteiger partial charge >= 0.3 is 0 Å². The molecule has 90 valence electrons. The van der Waals surface area contributed by atoms with Gasteiger partial charge in [0.15, 0.2) is 0 Å². The van der Waals surface area contributed by atoms with Crippen LogP contribution in [-0.2, 0) is 10.0 Å². The first kappa shape index (κ1) is 13.5. The predicted molar refractivity (Wildman–Crippen MR) is 66.7 cm³/mol. The first-order valence-electron chi connectivity index (χ1n) is 5.24. The van der Waals surface area contributed by atoms with Crippen LogP contribution >= 0.6 is 15.9 Å². The van der Waals surface area contributed by atoms with Crippen molar-refractivity contribution >= 4 is 26.0 Å². The molecule has 0 aliphatic carbocycles. The standard InChI is InChI=1S/C10H20BrNO2S/c1-8-5-12(6-9(8)11)15(13,14)7-10(2,3)4/h8-9H,5-7H2,1-4H3. The second-order valence-corrected chi connectivity index (χ2v) is 8.77. The van der Waals surface area contributed by atoms with E-state index in [2.05, 4.69) is 22.9 Å². The van der Waals surface area contributed by atoms with Gasteiger partial charge in [0, 0.05) is 17.9 Å². The number of hydrogen-bond donors (Lipinski definition) is 0. The highest BCUT2D eigenvalue weighted by Crippen LogP contribution is 2.28. The third-order valence-corrected chi connectivity index (χ3v) is 6.00. The first-order chi connectivity index (χ1) is 6.62. The Morgan fingerprint density at radius 1 is 1.33 bits per heavy atom. The highest BCUT2D eigenvalue weighted by molar-refractivity contribution is 9.09. The minimum atomic E-state index is -3.08. The van der Waals surface area contributed by atoms with Crippen molar-refractivity contribution in [1.29, 1.82) is 0 Å². The molecule has 1 rings (SSSR count). The van der Waals surface area contributed by atoms with Gasteiger partial charge in [-0.25, -0.2) is 12.7 Å². The molecule has 0 bridgehead atoms. The molecule has 0 aromatic rings. The molecule has 15 heavy (non-hydrogen) atoms. The monoisotopic (exact) mass is 297 g/mol. The maximum Gasteiger partial charge on any atom is 0.214 e. The topological polar surface area (TPSA) is 37.4 Å². The van der Waals surface area contributed by atoms with Gasteiger partial charge in [-0.1, -0.05) is 43.6 Å². The maximum atomic E-state index is 12.0. The van der Waals surface area contributed by atoms with E-state index in [0.29, 0.717) is 23.8 Å². The molecule has 0 N–H and O–H groups in total. The lowest BCUT2D eigenvalue weighted by Crippen LogP contribution is -2.35. The van der Waals surface area contributed by atoms with Crippen molar-refractivity contribution in [2.75, 3.05) is 18.8 Å². The molecule has 0 aromatic carbocycles. The molecule has 0 saturated carbocycles. The van der Waals surface area contributed by atoms with Crippen molar-refractivity contribution in [2.45, 2.75) is 32.5 Å². The summed E-state index contributed by atoms with van der Waals surface area (Å²) < 4.78 is 25.7.